The summed E-state index contributed by atoms with van der Waals surface area (Å²) in [6, 6.07) is 0. The Morgan fingerprint density at radius 3 is 0.890 bits per heavy atom. The predicted octanol–water partition coefficient (Wildman–Crippen LogP) is 23.0. The highest BCUT2D eigenvalue weighted by Crippen LogP contribution is 2.45. The third kappa shape index (κ3) is 72.6. The molecule has 0 amide bonds. The minimum atomic E-state index is -4.99. The van der Waals surface area contributed by atoms with Crippen LogP contribution in [0.15, 0.2) is 85.1 Å². The second-order valence-corrected chi connectivity index (χ2v) is 29.6. The summed E-state index contributed by atoms with van der Waals surface area (Å²) in [7, 11) is -9.97. The van der Waals surface area contributed by atoms with Crippen molar-refractivity contribution in [2.45, 2.75) is 367 Å². The van der Waals surface area contributed by atoms with Crippen molar-refractivity contribution in [3.63, 3.8) is 0 Å². The summed E-state index contributed by atoms with van der Waals surface area (Å²) in [4.78, 5) is 72.9. The van der Waals surface area contributed by atoms with Gasteiger partial charge in [-0.1, -0.05) is 293 Å². The highest BCUT2D eigenvalue weighted by Gasteiger charge is 2.30. The molecular formula is C81H144O17P2. The summed E-state index contributed by atoms with van der Waals surface area (Å²) in [6.45, 7) is 4.78. The summed E-state index contributed by atoms with van der Waals surface area (Å²) in [5.74, 6) is -2.24. The Morgan fingerprint density at radius 1 is 0.290 bits per heavy atom. The van der Waals surface area contributed by atoms with Crippen LogP contribution in [0.4, 0.5) is 0 Å². The first-order valence-corrected chi connectivity index (χ1v) is 42.8. The van der Waals surface area contributed by atoms with E-state index < -0.39 is 97.5 Å². The number of rotatable bonds is 75. The van der Waals surface area contributed by atoms with E-state index >= 15 is 0 Å². The van der Waals surface area contributed by atoms with Gasteiger partial charge in [0.25, 0.3) is 0 Å². The Morgan fingerprint density at radius 2 is 0.530 bits per heavy atom. The van der Waals surface area contributed by atoms with Crippen LogP contribution in [0.5, 0.6) is 0 Å². The van der Waals surface area contributed by atoms with Gasteiger partial charge in [-0.05, 0) is 116 Å². The molecule has 0 aromatic heterocycles. The molecule has 0 spiro atoms. The number of esters is 4. The zero-order valence-electron chi connectivity index (χ0n) is 63.4. The topological polar surface area (TPSA) is 237 Å². The third-order valence-electron chi connectivity index (χ3n) is 16.9. The quantitative estimate of drug-likeness (QED) is 0.0128. The molecule has 17 nitrogen and oxygen atoms in total. The summed E-state index contributed by atoms with van der Waals surface area (Å²) < 4.78 is 68.5. The van der Waals surface area contributed by atoms with Gasteiger partial charge in [-0.15, -0.1) is 0 Å². The van der Waals surface area contributed by atoms with Crippen LogP contribution in [-0.2, 0) is 65.4 Å². The summed E-state index contributed by atoms with van der Waals surface area (Å²) in [5.41, 5.74) is 0. The zero-order valence-corrected chi connectivity index (χ0v) is 65.2. The van der Waals surface area contributed by atoms with Crippen molar-refractivity contribution in [1.29, 1.82) is 0 Å². The number of ether oxygens (including phenoxy) is 4. The lowest BCUT2D eigenvalue weighted by Crippen LogP contribution is -2.30. The van der Waals surface area contributed by atoms with Crippen molar-refractivity contribution in [1.82, 2.24) is 0 Å². The Bertz CT molecular complexity index is 2230. The molecule has 0 fully saturated rings. The van der Waals surface area contributed by atoms with E-state index in [1.807, 2.05) is 12.2 Å². The molecule has 0 aliphatic heterocycles. The maximum absolute atomic E-state index is 13.1. The SMILES string of the molecule is CCCCC/C=C\C/C=C\C/C=C\C/C=C\CCCC(=O)OC[C@H](COP(=O)(O)OC[C@@H](O)COP(=O)(O)OC[C@@H](COC(=O)CCCCCCCCCCCCCCC)OC(=O)CCCCCCC/C=C\C=C/CCCCCC)OC(=O)CCCCCCC/C=C\CCCCCCCC. The molecule has 580 valence electrons. The molecule has 2 unspecified atom stereocenters. The first kappa shape index (κ1) is 96.2. The molecule has 0 aromatic carbocycles. The fourth-order valence-corrected chi connectivity index (χ4v) is 12.3. The van der Waals surface area contributed by atoms with Gasteiger partial charge in [0.05, 0.1) is 26.4 Å². The lowest BCUT2D eigenvalue weighted by molar-refractivity contribution is -0.161. The highest BCUT2D eigenvalue weighted by atomic mass is 31.2. The predicted molar refractivity (Wildman–Crippen MR) is 409 cm³/mol. The van der Waals surface area contributed by atoms with Gasteiger partial charge in [-0.25, -0.2) is 9.13 Å². The number of phosphoric ester groups is 2. The Hall–Kier alpha value is -3.76. The van der Waals surface area contributed by atoms with E-state index in [-0.39, 0.29) is 25.7 Å². The lowest BCUT2D eigenvalue weighted by Gasteiger charge is -2.21. The van der Waals surface area contributed by atoms with Crippen molar-refractivity contribution >= 4 is 39.5 Å². The highest BCUT2D eigenvalue weighted by molar-refractivity contribution is 7.47. The van der Waals surface area contributed by atoms with Crippen LogP contribution in [0.2, 0.25) is 0 Å². The second-order valence-electron chi connectivity index (χ2n) is 26.7. The van der Waals surface area contributed by atoms with Gasteiger partial charge in [0.1, 0.15) is 19.3 Å². The van der Waals surface area contributed by atoms with Crippen LogP contribution in [0.25, 0.3) is 0 Å². The molecule has 0 rings (SSSR count). The molecular weight excluding hydrogens is 1310 g/mol. The molecule has 0 aliphatic carbocycles. The molecule has 0 saturated carbocycles. The number of aliphatic hydroxyl groups excluding tert-OH is 1. The van der Waals surface area contributed by atoms with Gasteiger partial charge in [-0.2, -0.15) is 0 Å². The van der Waals surface area contributed by atoms with Crippen molar-refractivity contribution in [3.8, 4) is 0 Å². The standard InChI is InChI=1S/C81H144O17P2/c1-5-9-13-17-21-25-29-33-36-37-40-42-46-50-54-58-62-66-79(84)92-72-77(98-81(86)68-64-60-56-52-48-44-39-35-31-27-23-19-15-11-7-3)74-96-100(89,90)94-70-75(82)69-93-99(87,88)95-73-76(71-91-78(83)65-61-57-53-49-45-41-32-28-24-20-16-12-8-4)97-80(85)67-63-59-55-51-47-43-38-34-30-26-22-18-14-10-6-2/h21,25-26,30,33-36,38-40,42,50,54,75-77,82H,5-20,22-24,27-29,31-32,37,41,43-49,51-53,55-74H2,1-4H3,(H,87,88)(H,89,90)/b25-21-,30-26-,36-33-,38-34-,39-35-,42-40-,54-50-/t75-,76+,77+/m0/s1. The number of unbranched alkanes of at least 4 members (excludes halogenated alkanes) is 36. The van der Waals surface area contributed by atoms with E-state index in [4.69, 9.17) is 37.0 Å². The fraction of sp³-hybridized carbons (Fsp3) is 0.778. The first-order valence-electron chi connectivity index (χ1n) is 39.8. The molecule has 0 aromatic rings. The van der Waals surface area contributed by atoms with E-state index in [0.717, 1.165) is 122 Å². The molecule has 0 heterocycles. The van der Waals surface area contributed by atoms with E-state index in [9.17, 15) is 43.2 Å². The summed E-state index contributed by atoms with van der Waals surface area (Å²) in [6.07, 6.45) is 75.7. The van der Waals surface area contributed by atoms with Crippen LogP contribution in [-0.4, -0.2) is 96.7 Å². The monoisotopic (exact) mass is 1450 g/mol. The van der Waals surface area contributed by atoms with E-state index in [1.54, 1.807) is 0 Å². The van der Waals surface area contributed by atoms with Crippen LogP contribution in [0.1, 0.15) is 349 Å². The maximum atomic E-state index is 13.1. The third-order valence-corrected chi connectivity index (χ3v) is 18.8. The van der Waals surface area contributed by atoms with Crippen LogP contribution in [0.3, 0.4) is 0 Å². The molecule has 0 radical (unpaired) electrons. The van der Waals surface area contributed by atoms with E-state index in [0.29, 0.717) is 32.1 Å². The number of carbonyl (C=O) groups is 4. The van der Waals surface area contributed by atoms with Gasteiger partial charge < -0.3 is 33.8 Å². The number of hydrogen-bond donors (Lipinski definition) is 3. The lowest BCUT2D eigenvalue weighted by atomic mass is 10.0. The number of carbonyl (C=O) groups excluding carboxylic acids is 4. The molecule has 5 atom stereocenters. The zero-order chi connectivity index (χ0) is 73.2. The fourth-order valence-electron chi connectivity index (χ4n) is 10.7. The average Bonchev–Trinajstić information content (AvgIpc) is 0.945. The molecule has 0 aliphatic rings. The largest absolute Gasteiger partial charge is 0.472 e. The van der Waals surface area contributed by atoms with Crippen molar-refractivity contribution in [2.24, 2.45) is 0 Å². The molecule has 0 saturated heterocycles. The van der Waals surface area contributed by atoms with Crippen molar-refractivity contribution in [3.05, 3.63) is 85.1 Å². The summed E-state index contributed by atoms with van der Waals surface area (Å²) >= 11 is 0. The molecule has 100 heavy (non-hydrogen) atoms. The molecule has 3 N–H and O–H groups in total. The Balaban J connectivity index is 5.40. The molecule has 19 heteroatoms. The number of allylic oxidation sites excluding steroid dienone is 14. The summed E-state index contributed by atoms with van der Waals surface area (Å²) in [5, 5.41) is 10.6. The number of aliphatic hydroxyl groups is 1. The number of phosphoric acid groups is 2. The second kappa shape index (κ2) is 73.5. The van der Waals surface area contributed by atoms with Crippen molar-refractivity contribution in [2.75, 3.05) is 39.6 Å². The average molecular weight is 1450 g/mol. The molecule has 0 bridgehead atoms. The van der Waals surface area contributed by atoms with E-state index in [2.05, 4.69) is 101 Å². The first-order chi connectivity index (χ1) is 48.7. The van der Waals surface area contributed by atoms with Gasteiger partial charge in [0.15, 0.2) is 12.2 Å². The smallest absolute Gasteiger partial charge is 0.462 e. The minimum absolute atomic E-state index is 0.0747. The van der Waals surface area contributed by atoms with E-state index in [1.165, 1.54) is 141 Å². The van der Waals surface area contributed by atoms with Crippen molar-refractivity contribution < 1.29 is 80.2 Å². The van der Waals surface area contributed by atoms with Gasteiger partial charge in [0, 0.05) is 25.7 Å². The maximum Gasteiger partial charge on any atom is 0.472 e. The van der Waals surface area contributed by atoms with Crippen LogP contribution in [0, 0.1) is 0 Å². The Kier molecular flexibility index (Phi) is 70.8. The Labute approximate surface area is 608 Å². The normalized spacial score (nSPS) is 14.3. The van der Waals surface area contributed by atoms with Gasteiger partial charge in [0.2, 0.25) is 0 Å². The van der Waals surface area contributed by atoms with Crippen LogP contribution >= 0.6 is 15.6 Å². The van der Waals surface area contributed by atoms with Crippen LogP contribution < -0.4 is 0 Å². The van der Waals surface area contributed by atoms with Gasteiger partial charge >= 0.3 is 39.5 Å². The van der Waals surface area contributed by atoms with Gasteiger partial charge in [-0.3, -0.25) is 37.3 Å². The minimum Gasteiger partial charge on any atom is -0.462 e. The number of hydrogen-bond acceptors (Lipinski definition) is 15.